The maximum absolute atomic E-state index is 12.2. The van der Waals surface area contributed by atoms with Crippen molar-refractivity contribution in [2.45, 2.75) is 20.3 Å². The minimum absolute atomic E-state index is 0.0227. The quantitative estimate of drug-likeness (QED) is 0.789. The fourth-order valence-corrected chi connectivity index (χ4v) is 2.30. The van der Waals surface area contributed by atoms with Gasteiger partial charge >= 0.3 is 0 Å². The van der Waals surface area contributed by atoms with Gasteiger partial charge in [-0.15, -0.1) is 0 Å². The molecule has 0 atom stereocenters. The summed E-state index contributed by atoms with van der Waals surface area (Å²) in [5.74, 6) is 0.611. The molecule has 0 saturated heterocycles. The Kier molecular flexibility index (Phi) is 2.48. The van der Waals surface area contributed by atoms with Crippen LogP contribution in [-0.4, -0.2) is 15.9 Å². The summed E-state index contributed by atoms with van der Waals surface area (Å²) in [6.07, 6.45) is 3.45. The van der Waals surface area contributed by atoms with Gasteiger partial charge in [-0.1, -0.05) is 0 Å². The normalized spacial score (nSPS) is 13.8. The van der Waals surface area contributed by atoms with Gasteiger partial charge in [-0.25, -0.2) is 9.97 Å². The van der Waals surface area contributed by atoms with Gasteiger partial charge in [0.25, 0.3) is 0 Å². The number of carbonyl (C=O) groups excluding carboxylic acids is 1. The molecule has 0 bridgehead atoms. The van der Waals surface area contributed by atoms with Crippen LogP contribution in [0.15, 0.2) is 24.7 Å². The van der Waals surface area contributed by atoms with Crippen molar-refractivity contribution in [3.63, 3.8) is 0 Å². The number of benzene rings is 1. The van der Waals surface area contributed by atoms with Crippen molar-refractivity contribution in [3.8, 4) is 0 Å². The molecule has 2 aromatic rings. The van der Waals surface area contributed by atoms with E-state index in [0.29, 0.717) is 23.6 Å². The molecule has 1 aliphatic heterocycles. The highest BCUT2D eigenvalue weighted by Crippen LogP contribution is 2.37. The van der Waals surface area contributed by atoms with Gasteiger partial charge in [0.1, 0.15) is 12.1 Å². The predicted octanol–water partition coefficient (Wildman–Crippen LogP) is 1.90. The molecule has 1 aliphatic rings. The Morgan fingerprint density at radius 3 is 2.79 bits per heavy atom. The van der Waals surface area contributed by atoms with Gasteiger partial charge in [-0.05, 0) is 37.1 Å². The topological polar surface area (TPSA) is 72.1 Å². The first-order valence-corrected chi connectivity index (χ1v) is 6.06. The lowest BCUT2D eigenvalue weighted by molar-refractivity contribution is -0.116. The van der Waals surface area contributed by atoms with Crippen LogP contribution >= 0.6 is 0 Å². The molecule has 0 saturated carbocycles. The van der Waals surface area contributed by atoms with Crippen LogP contribution < -0.4 is 10.6 Å². The van der Waals surface area contributed by atoms with E-state index in [1.54, 1.807) is 11.1 Å². The number of aryl methyl sites for hydroxylation is 2. The van der Waals surface area contributed by atoms with E-state index >= 15 is 0 Å². The average molecular weight is 254 g/mol. The molecule has 0 radical (unpaired) electrons. The predicted molar refractivity (Wildman–Crippen MR) is 73.2 cm³/mol. The van der Waals surface area contributed by atoms with E-state index in [2.05, 4.69) is 9.97 Å². The summed E-state index contributed by atoms with van der Waals surface area (Å²) in [7, 11) is 0. The first-order valence-electron chi connectivity index (χ1n) is 6.06. The second-order valence-corrected chi connectivity index (χ2v) is 4.77. The minimum atomic E-state index is -0.0227. The number of amides is 1. The Balaban J connectivity index is 2.18. The van der Waals surface area contributed by atoms with Crippen molar-refractivity contribution in [2.24, 2.45) is 0 Å². The van der Waals surface area contributed by atoms with Crippen molar-refractivity contribution in [1.29, 1.82) is 0 Å². The highest BCUT2D eigenvalue weighted by Gasteiger charge is 2.31. The fourth-order valence-electron chi connectivity index (χ4n) is 2.30. The lowest BCUT2D eigenvalue weighted by Crippen LogP contribution is -2.22. The van der Waals surface area contributed by atoms with Gasteiger partial charge in [0.15, 0.2) is 0 Å². The number of fused-ring (bicyclic) bond motifs is 1. The second kappa shape index (κ2) is 4.05. The van der Waals surface area contributed by atoms with Crippen molar-refractivity contribution in [1.82, 2.24) is 9.97 Å². The Labute approximate surface area is 111 Å². The van der Waals surface area contributed by atoms with Gasteiger partial charge in [-0.3, -0.25) is 9.69 Å². The van der Waals surface area contributed by atoms with Crippen molar-refractivity contribution in [3.05, 3.63) is 41.3 Å². The van der Waals surface area contributed by atoms with Crippen LogP contribution in [0.4, 0.5) is 17.2 Å². The largest absolute Gasteiger partial charge is 0.397 e. The van der Waals surface area contributed by atoms with Crippen molar-refractivity contribution >= 4 is 23.1 Å². The zero-order valence-corrected chi connectivity index (χ0v) is 10.8. The van der Waals surface area contributed by atoms with E-state index < -0.39 is 0 Å². The molecular formula is C14H14N4O. The molecule has 5 nitrogen and oxygen atoms in total. The van der Waals surface area contributed by atoms with Crippen LogP contribution in [-0.2, 0) is 11.2 Å². The van der Waals surface area contributed by atoms with E-state index in [0.717, 1.165) is 16.7 Å². The van der Waals surface area contributed by atoms with Crippen LogP contribution in [0.3, 0.4) is 0 Å². The van der Waals surface area contributed by atoms with E-state index in [4.69, 9.17) is 5.73 Å². The summed E-state index contributed by atoms with van der Waals surface area (Å²) in [5.41, 5.74) is 10.4. The average Bonchev–Trinajstić information content (AvgIpc) is 2.70. The number of hydrogen-bond acceptors (Lipinski definition) is 4. The first kappa shape index (κ1) is 11.6. The minimum Gasteiger partial charge on any atom is -0.397 e. The Bertz CT molecular complexity index is 681. The lowest BCUT2D eigenvalue weighted by atomic mass is 10.1. The SMILES string of the molecule is Cc1cc(N)c(N2C(=O)Cc3cncnc32)cc1C. The van der Waals surface area contributed by atoms with Crippen LogP contribution in [0.2, 0.25) is 0 Å². The van der Waals surface area contributed by atoms with Gasteiger partial charge in [-0.2, -0.15) is 0 Å². The number of anilines is 3. The molecule has 2 N–H and O–H groups in total. The van der Waals surface area contributed by atoms with Crippen LogP contribution in [0.5, 0.6) is 0 Å². The number of nitrogens with two attached hydrogens (primary N) is 1. The second-order valence-electron chi connectivity index (χ2n) is 4.77. The van der Waals surface area contributed by atoms with Crippen LogP contribution in [0, 0.1) is 13.8 Å². The Morgan fingerprint density at radius 2 is 2.00 bits per heavy atom. The number of nitrogens with zero attached hydrogens (tertiary/aromatic N) is 3. The van der Waals surface area contributed by atoms with Crippen LogP contribution in [0.25, 0.3) is 0 Å². The lowest BCUT2D eigenvalue weighted by Gasteiger charge is -2.19. The molecule has 5 heteroatoms. The molecule has 2 heterocycles. The van der Waals surface area contributed by atoms with Crippen LogP contribution in [0.1, 0.15) is 16.7 Å². The third-order valence-electron chi connectivity index (χ3n) is 3.45. The Morgan fingerprint density at radius 1 is 1.26 bits per heavy atom. The maximum atomic E-state index is 12.2. The maximum Gasteiger partial charge on any atom is 0.237 e. The molecule has 96 valence electrons. The van der Waals surface area contributed by atoms with E-state index in [1.165, 1.54) is 6.33 Å². The molecule has 0 aliphatic carbocycles. The van der Waals surface area contributed by atoms with Crippen molar-refractivity contribution < 1.29 is 4.79 Å². The summed E-state index contributed by atoms with van der Waals surface area (Å²) >= 11 is 0. The van der Waals surface area contributed by atoms with Crippen molar-refractivity contribution in [2.75, 3.05) is 10.6 Å². The molecule has 3 rings (SSSR count). The van der Waals surface area contributed by atoms with Gasteiger partial charge in [0.05, 0.1) is 17.8 Å². The van der Waals surface area contributed by atoms with E-state index in [1.807, 2.05) is 26.0 Å². The summed E-state index contributed by atoms with van der Waals surface area (Å²) in [6, 6.07) is 3.82. The molecule has 0 spiro atoms. The summed E-state index contributed by atoms with van der Waals surface area (Å²) in [5, 5.41) is 0. The molecule has 1 aromatic heterocycles. The number of nitrogen functional groups attached to an aromatic ring is 1. The molecule has 19 heavy (non-hydrogen) atoms. The number of hydrogen-bond donors (Lipinski definition) is 1. The summed E-state index contributed by atoms with van der Waals surface area (Å²) in [4.78, 5) is 21.9. The molecular weight excluding hydrogens is 240 g/mol. The Hall–Kier alpha value is -2.43. The molecule has 1 amide bonds. The highest BCUT2D eigenvalue weighted by molar-refractivity contribution is 6.08. The molecule has 1 aromatic carbocycles. The zero-order valence-electron chi connectivity index (χ0n) is 10.8. The number of carbonyl (C=O) groups is 1. The van der Waals surface area contributed by atoms with Gasteiger partial charge in [0, 0.05) is 11.8 Å². The third-order valence-corrected chi connectivity index (χ3v) is 3.45. The standard InChI is InChI=1S/C14H14N4O/c1-8-3-11(15)12(4-9(8)2)18-13(19)5-10-6-16-7-17-14(10)18/h3-4,6-7H,5,15H2,1-2H3. The zero-order chi connectivity index (χ0) is 13.6. The summed E-state index contributed by atoms with van der Waals surface area (Å²) < 4.78 is 0. The summed E-state index contributed by atoms with van der Waals surface area (Å²) in [6.45, 7) is 4.00. The van der Waals surface area contributed by atoms with E-state index in [9.17, 15) is 4.79 Å². The van der Waals surface area contributed by atoms with Gasteiger partial charge in [0.2, 0.25) is 5.91 Å². The fraction of sp³-hybridized carbons (Fsp3) is 0.214. The van der Waals surface area contributed by atoms with Gasteiger partial charge < -0.3 is 5.73 Å². The third kappa shape index (κ3) is 1.74. The highest BCUT2D eigenvalue weighted by atomic mass is 16.2. The number of aromatic nitrogens is 2. The number of rotatable bonds is 1. The molecule has 0 unspecified atom stereocenters. The van der Waals surface area contributed by atoms with E-state index in [-0.39, 0.29) is 5.91 Å². The smallest absolute Gasteiger partial charge is 0.237 e. The monoisotopic (exact) mass is 254 g/mol. The molecule has 0 fully saturated rings. The first-order chi connectivity index (χ1) is 9.08.